The molecule has 0 fully saturated rings. The first-order valence-corrected chi connectivity index (χ1v) is 7.23. The summed E-state index contributed by atoms with van der Waals surface area (Å²) in [5.74, 6) is -0.855. The Morgan fingerprint density at radius 1 is 1.33 bits per heavy atom. The molecule has 3 rings (SSSR count). The van der Waals surface area contributed by atoms with Crippen LogP contribution in [0.2, 0.25) is 0 Å². The van der Waals surface area contributed by atoms with E-state index in [1.165, 1.54) is 24.5 Å². The van der Waals surface area contributed by atoms with Crippen LogP contribution in [0.4, 0.5) is 10.1 Å². The maximum absolute atomic E-state index is 14.3. The van der Waals surface area contributed by atoms with Gasteiger partial charge in [-0.25, -0.2) is 14.2 Å². The Hall–Kier alpha value is -3.22. The molecule has 0 aliphatic heterocycles. The number of benzene rings is 1. The van der Waals surface area contributed by atoms with E-state index in [1.807, 2.05) is 7.05 Å². The molecule has 3 aromatic rings. The Kier molecular flexibility index (Phi) is 4.24. The summed E-state index contributed by atoms with van der Waals surface area (Å²) in [6.45, 7) is 0. The van der Waals surface area contributed by atoms with Crippen LogP contribution in [0.5, 0.6) is 0 Å². The predicted octanol–water partition coefficient (Wildman–Crippen LogP) is 2.85. The van der Waals surface area contributed by atoms with Gasteiger partial charge in [0.25, 0.3) is 0 Å². The number of carbonyl (C=O) groups is 1. The third-order valence-electron chi connectivity index (χ3n) is 3.63. The van der Waals surface area contributed by atoms with E-state index < -0.39 is 12.0 Å². The van der Waals surface area contributed by atoms with E-state index in [1.54, 1.807) is 35.2 Å². The molecule has 2 aromatic heterocycles. The van der Waals surface area contributed by atoms with Crippen molar-refractivity contribution in [2.45, 2.75) is 6.04 Å². The molecule has 1 unspecified atom stereocenters. The second-order valence-electron chi connectivity index (χ2n) is 5.26. The molecule has 1 atom stereocenters. The van der Waals surface area contributed by atoms with Crippen molar-refractivity contribution in [3.63, 3.8) is 0 Å². The van der Waals surface area contributed by atoms with Gasteiger partial charge in [-0.05, 0) is 12.1 Å². The molecule has 1 aromatic carbocycles. The van der Waals surface area contributed by atoms with Gasteiger partial charge >= 0.3 is 5.97 Å². The van der Waals surface area contributed by atoms with E-state index in [9.17, 15) is 9.18 Å². The Morgan fingerprint density at radius 3 is 2.79 bits per heavy atom. The monoisotopic (exact) mass is 326 g/mol. The Morgan fingerprint density at radius 2 is 2.12 bits per heavy atom. The fraction of sp³-hybridized carbons (Fsp3) is 0.118. The number of nitrogens with zero attached hydrogens (tertiary/aromatic N) is 3. The smallest absolute Gasteiger partial charge is 0.337 e. The lowest BCUT2D eigenvalue weighted by atomic mass is 10.0. The number of aryl methyl sites for hydroxylation is 1. The number of carboxylic acid groups (broad SMARTS) is 1. The molecule has 2 N–H and O–H groups in total. The van der Waals surface area contributed by atoms with E-state index >= 15 is 0 Å². The average molecular weight is 326 g/mol. The first-order valence-electron chi connectivity index (χ1n) is 7.23. The summed E-state index contributed by atoms with van der Waals surface area (Å²) in [7, 11) is 1.81. The maximum Gasteiger partial charge on any atom is 0.337 e. The molecule has 0 bridgehead atoms. The summed E-state index contributed by atoms with van der Waals surface area (Å²) in [5.41, 5.74) is 0.922. The normalized spacial score (nSPS) is 11.9. The number of hydrogen-bond acceptors (Lipinski definition) is 4. The average Bonchev–Trinajstić information content (AvgIpc) is 2.99. The SMILES string of the molecule is Cn1ccnc1C(Nc1cncc(C(=O)O)c1)c1ccccc1F. The lowest BCUT2D eigenvalue weighted by Gasteiger charge is -2.20. The fourth-order valence-corrected chi connectivity index (χ4v) is 2.45. The fourth-order valence-electron chi connectivity index (χ4n) is 2.45. The van der Waals surface area contributed by atoms with Crippen molar-refractivity contribution >= 4 is 11.7 Å². The highest BCUT2D eigenvalue weighted by Crippen LogP contribution is 2.27. The predicted molar refractivity (Wildman–Crippen MR) is 86.3 cm³/mol. The van der Waals surface area contributed by atoms with E-state index in [0.717, 1.165) is 0 Å². The van der Waals surface area contributed by atoms with Crippen molar-refractivity contribution in [3.05, 3.63) is 77.9 Å². The molecule has 0 aliphatic rings. The number of halogens is 1. The van der Waals surface area contributed by atoms with Gasteiger partial charge in [0, 0.05) is 31.2 Å². The number of aromatic carboxylic acids is 1. The molecular formula is C17H15FN4O2. The molecule has 0 radical (unpaired) electrons. The second-order valence-corrected chi connectivity index (χ2v) is 5.26. The summed E-state index contributed by atoms with van der Waals surface area (Å²) in [6.07, 6.45) is 6.13. The van der Waals surface area contributed by atoms with Crippen molar-refractivity contribution in [1.29, 1.82) is 0 Å². The minimum absolute atomic E-state index is 0.0483. The summed E-state index contributed by atoms with van der Waals surface area (Å²) >= 11 is 0. The zero-order valence-electron chi connectivity index (χ0n) is 12.8. The van der Waals surface area contributed by atoms with Gasteiger partial charge in [0.2, 0.25) is 0 Å². The van der Waals surface area contributed by atoms with Crippen LogP contribution in [0.15, 0.2) is 55.1 Å². The lowest BCUT2D eigenvalue weighted by molar-refractivity contribution is 0.0696. The second kappa shape index (κ2) is 6.49. The van der Waals surface area contributed by atoms with Crippen molar-refractivity contribution in [3.8, 4) is 0 Å². The number of aromatic nitrogens is 3. The molecule has 6 nitrogen and oxygen atoms in total. The van der Waals surface area contributed by atoms with Crippen LogP contribution in [0.25, 0.3) is 0 Å². The van der Waals surface area contributed by atoms with Gasteiger partial charge in [0.1, 0.15) is 17.7 Å². The Bertz CT molecular complexity index is 878. The first-order chi connectivity index (χ1) is 11.6. The Balaban J connectivity index is 2.03. The van der Waals surface area contributed by atoms with Crippen LogP contribution in [0.3, 0.4) is 0 Å². The van der Waals surface area contributed by atoms with Crippen molar-refractivity contribution < 1.29 is 14.3 Å². The van der Waals surface area contributed by atoms with E-state index in [0.29, 0.717) is 17.1 Å². The van der Waals surface area contributed by atoms with Crippen LogP contribution in [0, 0.1) is 5.82 Å². The van der Waals surface area contributed by atoms with Crippen LogP contribution < -0.4 is 5.32 Å². The molecular weight excluding hydrogens is 311 g/mol. The van der Waals surface area contributed by atoms with Crippen molar-refractivity contribution in [1.82, 2.24) is 14.5 Å². The van der Waals surface area contributed by atoms with E-state index in [4.69, 9.17) is 5.11 Å². The van der Waals surface area contributed by atoms with Crippen molar-refractivity contribution in [2.24, 2.45) is 7.05 Å². The van der Waals surface area contributed by atoms with Gasteiger partial charge < -0.3 is 15.0 Å². The van der Waals surface area contributed by atoms with Gasteiger partial charge in [-0.2, -0.15) is 0 Å². The summed E-state index contributed by atoms with van der Waals surface area (Å²) in [5, 5.41) is 12.2. The zero-order chi connectivity index (χ0) is 17.1. The maximum atomic E-state index is 14.3. The number of imidazole rings is 1. The van der Waals surface area contributed by atoms with Crippen molar-refractivity contribution in [2.75, 3.05) is 5.32 Å². The Labute approximate surface area is 137 Å². The van der Waals surface area contributed by atoms with Gasteiger partial charge in [-0.15, -0.1) is 0 Å². The number of pyridine rings is 1. The minimum Gasteiger partial charge on any atom is -0.478 e. The molecule has 0 saturated heterocycles. The largest absolute Gasteiger partial charge is 0.478 e. The van der Waals surface area contributed by atoms with Gasteiger partial charge in [0.05, 0.1) is 17.4 Å². The van der Waals surface area contributed by atoms with Crippen LogP contribution >= 0.6 is 0 Å². The van der Waals surface area contributed by atoms with E-state index in [2.05, 4.69) is 15.3 Å². The summed E-state index contributed by atoms with van der Waals surface area (Å²) < 4.78 is 16.1. The third kappa shape index (κ3) is 3.10. The third-order valence-corrected chi connectivity index (χ3v) is 3.63. The highest BCUT2D eigenvalue weighted by molar-refractivity contribution is 5.88. The summed E-state index contributed by atoms with van der Waals surface area (Å²) in [6, 6.07) is 7.25. The standard InChI is InChI=1S/C17H15FN4O2/c1-22-7-6-20-16(22)15(13-4-2-3-5-14(13)18)21-12-8-11(17(23)24)9-19-10-12/h2-10,15,21H,1H3,(H,23,24). The minimum atomic E-state index is -1.08. The molecule has 0 aliphatic carbocycles. The number of hydrogen-bond donors (Lipinski definition) is 2. The molecule has 24 heavy (non-hydrogen) atoms. The number of rotatable bonds is 5. The molecule has 0 saturated carbocycles. The first kappa shape index (κ1) is 15.7. The molecule has 7 heteroatoms. The van der Waals surface area contributed by atoms with Gasteiger partial charge in [-0.1, -0.05) is 18.2 Å². The lowest BCUT2D eigenvalue weighted by Crippen LogP contribution is -2.18. The van der Waals surface area contributed by atoms with Gasteiger partial charge in [0.15, 0.2) is 0 Å². The van der Waals surface area contributed by atoms with Crippen LogP contribution in [-0.4, -0.2) is 25.6 Å². The zero-order valence-corrected chi connectivity index (χ0v) is 12.8. The number of nitrogens with one attached hydrogen (secondary N) is 1. The van der Waals surface area contributed by atoms with Gasteiger partial charge in [-0.3, -0.25) is 4.98 Å². The van der Waals surface area contributed by atoms with Crippen LogP contribution in [-0.2, 0) is 7.05 Å². The topological polar surface area (TPSA) is 80.0 Å². The molecule has 2 heterocycles. The van der Waals surface area contributed by atoms with Crippen LogP contribution in [0.1, 0.15) is 27.8 Å². The number of anilines is 1. The highest BCUT2D eigenvalue weighted by Gasteiger charge is 2.21. The molecule has 122 valence electrons. The summed E-state index contributed by atoms with van der Waals surface area (Å²) in [4.78, 5) is 19.3. The quantitative estimate of drug-likeness (QED) is 0.753. The molecule has 0 spiro atoms. The number of carboxylic acids is 1. The molecule has 0 amide bonds. The highest BCUT2D eigenvalue weighted by atomic mass is 19.1. The van der Waals surface area contributed by atoms with E-state index in [-0.39, 0.29) is 11.4 Å².